The molecule has 17 heavy (non-hydrogen) atoms. The van der Waals surface area contributed by atoms with Crippen LogP contribution in [0.3, 0.4) is 0 Å². The standard InChI is InChI=1S/C13H11N3O/c1-2-4-10(5-3-1)8-17-13-12-11(6-7-14-12)15-9-16-13/h1-7,9,14H,8H2. The first-order chi connectivity index (χ1) is 8.43. The first kappa shape index (κ1) is 9.84. The normalized spacial score (nSPS) is 10.6. The zero-order valence-corrected chi connectivity index (χ0v) is 9.13. The Hall–Kier alpha value is -2.36. The summed E-state index contributed by atoms with van der Waals surface area (Å²) in [6, 6.07) is 11.9. The van der Waals surface area contributed by atoms with Crippen LogP contribution >= 0.6 is 0 Å². The molecule has 0 radical (unpaired) electrons. The number of fused-ring (bicyclic) bond motifs is 1. The molecule has 0 unspecified atom stereocenters. The Labute approximate surface area is 98.3 Å². The highest BCUT2D eigenvalue weighted by Gasteiger charge is 2.05. The van der Waals surface area contributed by atoms with Crippen LogP contribution in [0.15, 0.2) is 48.9 Å². The summed E-state index contributed by atoms with van der Waals surface area (Å²) in [4.78, 5) is 11.3. The highest BCUT2D eigenvalue weighted by Crippen LogP contribution is 2.19. The molecule has 0 bridgehead atoms. The van der Waals surface area contributed by atoms with Crippen molar-refractivity contribution < 1.29 is 4.74 Å². The van der Waals surface area contributed by atoms with Gasteiger partial charge in [0.05, 0.1) is 5.52 Å². The Morgan fingerprint density at radius 2 is 1.94 bits per heavy atom. The Bertz CT molecular complexity index is 619. The largest absolute Gasteiger partial charge is 0.471 e. The minimum Gasteiger partial charge on any atom is -0.471 e. The van der Waals surface area contributed by atoms with Gasteiger partial charge in [0.1, 0.15) is 18.5 Å². The van der Waals surface area contributed by atoms with E-state index in [9.17, 15) is 0 Å². The van der Waals surface area contributed by atoms with Gasteiger partial charge in [-0.1, -0.05) is 30.3 Å². The van der Waals surface area contributed by atoms with E-state index in [0.29, 0.717) is 12.5 Å². The molecular weight excluding hydrogens is 214 g/mol. The van der Waals surface area contributed by atoms with Crippen molar-refractivity contribution in [1.29, 1.82) is 0 Å². The minimum absolute atomic E-state index is 0.506. The van der Waals surface area contributed by atoms with E-state index in [1.54, 1.807) is 0 Å². The summed E-state index contributed by atoms with van der Waals surface area (Å²) < 4.78 is 5.68. The van der Waals surface area contributed by atoms with Crippen LogP contribution in [0.4, 0.5) is 0 Å². The molecule has 0 saturated carbocycles. The SMILES string of the molecule is c1ccc(COc2ncnc3cc[nH]c23)cc1. The average Bonchev–Trinajstić information content (AvgIpc) is 2.86. The van der Waals surface area contributed by atoms with E-state index in [0.717, 1.165) is 16.6 Å². The van der Waals surface area contributed by atoms with Crippen LogP contribution < -0.4 is 4.74 Å². The summed E-state index contributed by atoms with van der Waals surface area (Å²) in [5.74, 6) is 0.587. The van der Waals surface area contributed by atoms with Crippen molar-refractivity contribution in [3.8, 4) is 5.88 Å². The summed E-state index contributed by atoms with van der Waals surface area (Å²) in [7, 11) is 0. The highest BCUT2D eigenvalue weighted by molar-refractivity contribution is 5.79. The Morgan fingerprint density at radius 1 is 1.06 bits per heavy atom. The van der Waals surface area contributed by atoms with Gasteiger partial charge in [-0.2, -0.15) is 4.98 Å². The Kier molecular flexibility index (Phi) is 2.46. The first-order valence-corrected chi connectivity index (χ1v) is 5.38. The van der Waals surface area contributed by atoms with Crippen molar-refractivity contribution in [3.63, 3.8) is 0 Å². The second-order valence-electron chi connectivity index (χ2n) is 3.69. The van der Waals surface area contributed by atoms with Gasteiger partial charge in [-0.25, -0.2) is 4.98 Å². The number of ether oxygens (including phenoxy) is 1. The predicted octanol–water partition coefficient (Wildman–Crippen LogP) is 2.54. The minimum atomic E-state index is 0.506. The van der Waals surface area contributed by atoms with Crippen molar-refractivity contribution >= 4 is 11.0 Å². The fourth-order valence-electron chi connectivity index (χ4n) is 1.68. The molecule has 1 N–H and O–H groups in total. The van der Waals surface area contributed by atoms with Gasteiger partial charge in [0.15, 0.2) is 0 Å². The third-order valence-corrected chi connectivity index (χ3v) is 2.53. The second kappa shape index (κ2) is 4.25. The van der Waals surface area contributed by atoms with Gasteiger partial charge in [0.25, 0.3) is 0 Å². The Morgan fingerprint density at radius 3 is 2.82 bits per heavy atom. The van der Waals surface area contributed by atoms with Crippen molar-refractivity contribution in [2.45, 2.75) is 6.61 Å². The van der Waals surface area contributed by atoms with Gasteiger partial charge in [0.2, 0.25) is 5.88 Å². The van der Waals surface area contributed by atoms with Gasteiger partial charge in [-0.15, -0.1) is 0 Å². The lowest BCUT2D eigenvalue weighted by molar-refractivity contribution is 0.297. The lowest BCUT2D eigenvalue weighted by atomic mass is 10.2. The van der Waals surface area contributed by atoms with Crippen molar-refractivity contribution in [3.05, 3.63) is 54.5 Å². The topological polar surface area (TPSA) is 50.8 Å². The fourth-order valence-corrected chi connectivity index (χ4v) is 1.68. The molecule has 0 aliphatic carbocycles. The van der Waals surface area contributed by atoms with Crippen LogP contribution in [0.5, 0.6) is 5.88 Å². The van der Waals surface area contributed by atoms with E-state index in [-0.39, 0.29) is 0 Å². The average molecular weight is 225 g/mol. The molecule has 0 aliphatic heterocycles. The lowest BCUT2D eigenvalue weighted by Crippen LogP contribution is -1.98. The molecule has 0 aliphatic rings. The van der Waals surface area contributed by atoms with Gasteiger partial charge < -0.3 is 9.72 Å². The number of aromatic amines is 1. The zero-order chi connectivity index (χ0) is 11.5. The lowest BCUT2D eigenvalue weighted by Gasteiger charge is -2.05. The third-order valence-electron chi connectivity index (χ3n) is 2.53. The molecular formula is C13H11N3O. The van der Waals surface area contributed by atoms with Crippen molar-refractivity contribution in [2.24, 2.45) is 0 Å². The number of nitrogens with one attached hydrogen (secondary N) is 1. The zero-order valence-electron chi connectivity index (χ0n) is 9.13. The van der Waals surface area contributed by atoms with Crippen LogP contribution in [0, 0.1) is 0 Å². The smallest absolute Gasteiger partial charge is 0.241 e. The quantitative estimate of drug-likeness (QED) is 0.745. The van der Waals surface area contributed by atoms with E-state index >= 15 is 0 Å². The van der Waals surface area contributed by atoms with Crippen LogP contribution in [0.2, 0.25) is 0 Å². The molecule has 0 atom stereocenters. The molecule has 2 aromatic heterocycles. The number of nitrogens with zero attached hydrogens (tertiary/aromatic N) is 2. The summed E-state index contributed by atoms with van der Waals surface area (Å²) in [5.41, 5.74) is 2.82. The van der Waals surface area contributed by atoms with Gasteiger partial charge in [0, 0.05) is 6.20 Å². The van der Waals surface area contributed by atoms with Crippen LogP contribution in [0.1, 0.15) is 5.56 Å². The van der Waals surface area contributed by atoms with E-state index in [1.165, 1.54) is 6.33 Å². The molecule has 84 valence electrons. The third kappa shape index (κ3) is 1.97. The van der Waals surface area contributed by atoms with E-state index in [4.69, 9.17) is 4.74 Å². The van der Waals surface area contributed by atoms with Gasteiger partial charge in [-0.05, 0) is 11.6 Å². The molecule has 2 heterocycles. The Balaban J connectivity index is 1.84. The van der Waals surface area contributed by atoms with Gasteiger partial charge in [-0.3, -0.25) is 0 Å². The molecule has 0 spiro atoms. The molecule has 0 saturated heterocycles. The molecule has 0 fully saturated rings. The molecule has 4 nitrogen and oxygen atoms in total. The van der Waals surface area contributed by atoms with Crippen LogP contribution in [-0.2, 0) is 6.61 Å². The highest BCUT2D eigenvalue weighted by atomic mass is 16.5. The van der Waals surface area contributed by atoms with E-state index in [2.05, 4.69) is 15.0 Å². The number of hydrogen-bond donors (Lipinski definition) is 1. The molecule has 0 amide bonds. The molecule has 4 heteroatoms. The van der Waals surface area contributed by atoms with Gasteiger partial charge >= 0.3 is 0 Å². The number of benzene rings is 1. The number of aromatic nitrogens is 3. The maximum atomic E-state index is 5.68. The molecule has 3 aromatic rings. The van der Waals surface area contributed by atoms with Crippen LogP contribution in [0.25, 0.3) is 11.0 Å². The van der Waals surface area contributed by atoms with Crippen LogP contribution in [-0.4, -0.2) is 15.0 Å². The van der Waals surface area contributed by atoms with Crippen molar-refractivity contribution in [2.75, 3.05) is 0 Å². The summed E-state index contributed by atoms with van der Waals surface area (Å²) in [5, 5.41) is 0. The maximum Gasteiger partial charge on any atom is 0.241 e. The van der Waals surface area contributed by atoms with Crippen molar-refractivity contribution in [1.82, 2.24) is 15.0 Å². The summed E-state index contributed by atoms with van der Waals surface area (Å²) in [6.07, 6.45) is 3.34. The molecule has 3 rings (SSSR count). The predicted molar refractivity (Wildman–Crippen MR) is 64.7 cm³/mol. The monoisotopic (exact) mass is 225 g/mol. The summed E-state index contributed by atoms with van der Waals surface area (Å²) >= 11 is 0. The van der Waals surface area contributed by atoms with E-state index in [1.807, 2.05) is 42.6 Å². The molecule has 1 aromatic carbocycles. The van der Waals surface area contributed by atoms with E-state index < -0.39 is 0 Å². The second-order valence-corrected chi connectivity index (χ2v) is 3.69. The maximum absolute atomic E-state index is 5.68. The number of rotatable bonds is 3. The fraction of sp³-hybridized carbons (Fsp3) is 0.0769. The first-order valence-electron chi connectivity index (χ1n) is 5.38. The number of hydrogen-bond acceptors (Lipinski definition) is 3. The summed E-state index contributed by atoms with van der Waals surface area (Å²) in [6.45, 7) is 0.506. The number of H-pyrrole nitrogens is 1.